The van der Waals surface area contributed by atoms with Crippen LogP contribution in [0.5, 0.6) is 0 Å². The number of nitrogens with zero attached hydrogens (tertiary/aromatic N) is 2. The molecule has 0 amide bonds. The maximum atomic E-state index is 11.3. The number of hydrogen-bond donors (Lipinski definition) is 0. The highest BCUT2D eigenvalue weighted by atomic mass is 32.2. The lowest BCUT2D eigenvalue weighted by Gasteiger charge is -1.99. The molecule has 0 saturated carbocycles. The number of aromatic nitrogens is 2. The van der Waals surface area contributed by atoms with E-state index in [0.717, 1.165) is 17.1 Å². The number of rotatable bonds is 5. The summed E-state index contributed by atoms with van der Waals surface area (Å²) in [5.74, 6) is 0.878. The van der Waals surface area contributed by atoms with Gasteiger partial charge in [-0.05, 0) is 19.4 Å². The topological polar surface area (TPSA) is 34.9 Å². The van der Waals surface area contributed by atoms with Gasteiger partial charge in [-0.1, -0.05) is 18.7 Å². The second-order valence-electron chi connectivity index (χ2n) is 3.32. The summed E-state index contributed by atoms with van der Waals surface area (Å²) < 4.78 is 1.82. The van der Waals surface area contributed by atoms with Crippen LogP contribution in [0.15, 0.2) is 11.1 Å². The first-order chi connectivity index (χ1) is 6.63. The maximum absolute atomic E-state index is 11.3. The van der Waals surface area contributed by atoms with Crippen LogP contribution in [0.25, 0.3) is 0 Å². The zero-order valence-corrected chi connectivity index (χ0v) is 9.73. The van der Waals surface area contributed by atoms with E-state index in [-0.39, 0.29) is 0 Å². The Hall–Kier alpha value is -0.770. The number of carbonyl (C=O) groups is 1. The average Bonchev–Trinajstić information content (AvgIpc) is 2.42. The first kappa shape index (κ1) is 11.3. The molecule has 3 nitrogen and oxygen atoms in total. The minimum atomic E-state index is 0.316. The van der Waals surface area contributed by atoms with E-state index < -0.39 is 0 Å². The largest absolute Gasteiger partial charge is 0.299 e. The van der Waals surface area contributed by atoms with Crippen LogP contribution in [0.2, 0.25) is 0 Å². The van der Waals surface area contributed by atoms with E-state index in [9.17, 15) is 4.79 Å². The highest BCUT2D eigenvalue weighted by Crippen LogP contribution is 2.18. The van der Waals surface area contributed by atoms with Gasteiger partial charge in [0.1, 0.15) is 5.78 Å². The smallest absolute Gasteiger partial charge is 0.143 e. The second-order valence-corrected chi connectivity index (χ2v) is 4.32. The summed E-state index contributed by atoms with van der Waals surface area (Å²) in [6, 6.07) is 2.00. The minimum absolute atomic E-state index is 0.316. The first-order valence-electron chi connectivity index (χ1n) is 4.78. The van der Waals surface area contributed by atoms with Gasteiger partial charge >= 0.3 is 0 Å². The summed E-state index contributed by atoms with van der Waals surface area (Å²) in [7, 11) is 1.90. The molecule has 0 atom stereocenters. The molecule has 0 aliphatic heterocycles. The van der Waals surface area contributed by atoms with E-state index in [4.69, 9.17) is 0 Å². The van der Waals surface area contributed by atoms with Crippen LogP contribution in [0.3, 0.4) is 0 Å². The van der Waals surface area contributed by atoms with Crippen molar-refractivity contribution in [1.82, 2.24) is 9.78 Å². The third kappa shape index (κ3) is 3.18. The summed E-state index contributed by atoms with van der Waals surface area (Å²) in [6.07, 6.45) is 1.62. The minimum Gasteiger partial charge on any atom is -0.299 e. The van der Waals surface area contributed by atoms with Crippen molar-refractivity contribution in [2.45, 2.75) is 31.7 Å². The fraction of sp³-hybridized carbons (Fsp3) is 0.600. The standard InChI is InChI=1S/C10H16N2OS/c1-4-5-9(13)7-14-10-6-8(2)11-12(10)3/h6H,4-5,7H2,1-3H3. The van der Waals surface area contributed by atoms with Gasteiger partial charge in [-0.2, -0.15) is 5.10 Å². The number of hydrogen-bond acceptors (Lipinski definition) is 3. The highest BCUT2D eigenvalue weighted by molar-refractivity contribution is 7.99. The van der Waals surface area contributed by atoms with Crippen LogP contribution in [0, 0.1) is 6.92 Å². The Bertz CT molecular complexity index is 320. The lowest BCUT2D eigenvalue weighted by Crippen LogP contribution is -2.01. The summed E-state index contributed by atoms with van der Waals surface area (Å²) >= 11 is 1.57. The van der Waals surface area contributed by atoms with Crippen molar-refractivity contribution < 1.29 is 4.79 Å². The fourth-order valence-corrected chi connectivity index (χ4v) is 2.16. The third-order valence-corrected chi connectivity index (χ3v) is 3.01. The van der Waals surface area contributed by atoms with E-state index in [0.29, 0.717) is 18.0 Å². The van der Waals surface area contributed by atoms with Gasteiger partial charge < -0.3 is 0 Å². The number of carbonyl (C=O) groups excluding carboxylic acids is 1. The lowest BCUT2D eigenvalue weighted by molar-refractivity contribution is -0.116. The van der Waals surface area contributed by atoms with Crippen LogP contribution in [0.1, 0.15) is 25.5 Å². The van der Waals surface area contributed by atoms with Gasteiger partial charge in [0, 0.05) is 13.5 Å². The quantitative estimate of drug-likeness (QED) is 0.702. The zero-order valence-electron chi connectivity index (χ0n) is 8.91. The Morgan fingerprint density at radius 2 is 2.36 bits per heavy atom. The molecular weight excluding hydrogens is 196 g/mol. The number of thioether (sulfide) groups is 1. The molecule has 0 unspecified atom stereocenters. The van der Waals surface area contributed by atoms with Crippen molar-refractivity contribution in [2.75, 3.05) is 5.75 Å². The van der Waals surface area contributed by atoms with Crippen LogP contribution in [0.4, 0.5) is 0 Å². The van der Waals surface area contributed by atoms with Crippen LogP contribution in [-0.2, 0) is 11.8 Å². The summed E-state index contributed by atoms with van der Waals surface area (Å²) in [5, 5.41) is 5.28. The van der Waals surface area contributed by atoms with Crippen molar-refractivity contribution in [3.05, 3.63) is 11.8 Å². The summed E-state index contributed by atoms with van der Waals surface area (Å²) in [4.78, 5) is 11.3. The average molecular weight is 212 g/mol. The van der Waals surface area contributed by atoms with Crippen molar-refractivity contribution in [2.24, 2.45) is 7.05 Å². The number of Topliss-reactive ketones (excluding diaryl/α,β-unsaturated/α-hetero) is 1. The van der Waals surface area contributed by atoms with E-state index in [1.54, 1.807) is 11.8 Å². The molecule has 4 heteroatoms. The molecule has 0 aromatic carbocycles. The summed E-state index contributed by atoms with van der Waals surface area (Å²) in [6.45, 7) is 3.98. The SMILES string of the molecule is CCCC(=O)CSc1cc(C)nn1C. The van der Waals surface area contributed by atoms with Gasteiger partial charge in [0.05, 0.1) is 16.5 Å². The van der Waals surface area contributed by atoms with Gasteiger partial charge in [0.15, 0.2) is 0 Å². The van der Waals surface area contributed by atoms with Crippen LogP contribution >= 0.6 is 11.8 Å². The molecule has 1 aromatic rings. The third-order valence-electron chi connectivity index (χ3n) is 1.87. The van der Waals surface area contributed by atoms with Crippen molar-refractivity contribution in [1.29, 1.82) is 0 Å². The molecule has 0 bridgehead atoms. The van der Waals surface area contributed by atoms with E-state index in [2.05, 4.69) is 5.10 Å². The molecule has 1 rings (SSSR count). The van der Waals surface area contributed by atoms with Crippen molar-refractivity contribution in [3.63, 3.8) is 0 Å². The van der Waals surface area contributed by atoms with Crippen LogP contribution in [-0.4, -0.2) is 21.3 Å². The first-order valence-corrected chi connectivity index (χ1v) is 5.77. The van der Waals surface area contributed by atoms with Gasteiger partial charge in [0.2, 0.25) is 0 Å². The van der Waals surface area contributed by atoms with E-state index >= 15 is 0 Å². The Kier molecular flexibility index (Phi) is 4.20. The Morgan fingerprint density at radius 1 is 1.64 bits per heavy atom. The van der Waals surface area contributed by atoms with Gasteiger partial charge in [-0.25, -0.2) is 0 Å². The zero-order chi connectivity index (χ0) is 10.6. The van der Waals surface area contributed by atoms with Crippen molar-refractivity contribution >= 4 is 17.5 Å². The van der Waals surface area contributed by atoms with E-state index in [1.165, 1.54) is 0 Å². The van der Waals surface area contributed by atoms with E-state index in [1.807, 2.05) is 31.6 Å². The molecule has 0 saturated heterocycles. The number of aryl methyl sites for hydroxylation is 2. The predicted molar refractivity (Wildman–Crippen MR) is 58.6 cm³/mol. The Labute approximate surface area is 88.9 Å². The molecule has 14 heavy (non-hydrogen) atoms. The Balaban J connectivity index is 2.45. The Morgan fingerprint density at radius 3 is 2.86 bits per heavy atom. The number of ketones is 1. The second kappa shape index (κ2) is 5.20. The highest BCUT2D eigenvalue weighted by Gasteiger charge is 2.05. The van der Waals surface area contributed by atoms with Gasteiger partial charge in [0.25, 0.3) is 0 Å². The molecule has 1 aromatic heterocycles. The maximum Gasteiger partial charge on any atom is 0.143 e. The monoisotopic (exact) mass is 212 g/mol. The molecule has 0 aliphatic carbocycles. The molecule has 1 heterocycles. The normalized spacial score (nSPS) is 10.5. The fourth-order valence-electron chi connectivity index (χ4n) is 1.23. The lowest BCUT2D eigenvalue weighted by atomic mass is 10.3. The van der Waals surface area contributed by atoms with Gasteiger partial charge in [-0.15, -0.1) is 0 Å². The molecule has 0 spiro atoms. The molecule has 0 aliphatic rings. The summed E-state index contributed by atoms with van der Waals surface area (Å²) in [5.41, 5.74) is 0.998. The van der Waals surface area contributed by atoms with Crippen LogP contribution < -0.4 is 0 Å². The van der Waals surface area contributed by atoms with Crippen molar-refractivity contribution in [3.8, 4) is 0 Å². The molecule has 0 fully saturated rings. The molecular formula is C10H16N2OS. The molecule has 0 N–H and O–H groups in total. The molecule has 78 valence electrons. The van der Waals surface area contributed by atoms with Gasteiger partial charge in [-0.3, -0.25) is 9.48 Å². The predicted octanol–water partition coefficient (Wildman–Crippen LogP) is 2.19. The molecule has 0 radical (unpaired) electrons.